The van der Waals surface area contributed by atoms with E-state index in [-0.39, 0.29) is 0 Å². The molecule has 1 rings (SSSR count). The van der Waals surface area contributed by atoms with Gasteiger partial charge in [-0.2, -0.15) is 0 Å². The molecule has 0 aromatic heterocycles. The van der Waals surface area contributed by atoms with Crippen molar-refractivity contribution in [2.45, 2.75) is 44.8 Å². The van der Waals surface area contributed by atoms with Crippen LogP contribution >= 0.6 is 0 Å². The molecule has 1 saturated carbocycles. The third-order valence-electron chi connectivity index (χ3n) is 1.69. The third-order valence-corrected chi connectivity index (χ3v) is 1.69. The van der Waals surface area contributed by atoms with Gasteiger partial charge in [-0.15, -0.1) is 0 Å². The van der Waals surface area contributed by atoms with Crippen molar-refractivity contribution in [1.82, 2.24) is 0 Å². The molecule has 4 nitrogen and oxygen atoms in total. The lowest BCUT2D eigenvalue weighted by atomic mass is 9.95. The quantitative estimate of drug-likeness (QED) is 0.498. The summed E-state index contributed by atoms with van der Waals surface area (Å²) in [6.45, 7) is 1.08. The molecule has 0 saturated heterocycles. The summed E-state index contributed by atoms with van der Waals surface area (Å²) < 4.78 is 0. The number of carboxylic acids is 1. The Kier molecular flexibility index (Phi) is 5.66. The SMILES string of the molecule is CC(=O)O.OC1CCCCC1O. The lowest BCUT2D eigenvalue weighted by Gasteiger charge is -2.22. The van der Waals surface area contributed by atoms with E-state index < -0.39 is 18.2 Å². The number of carbonyl (C=O) groups is 1. The maximum Gasteiger partial charge on any atom is 0.300 e. The Balaban J connectivity index is 0.000000261. The summed E-state index contributed by atoms with van der Waals surface area (Å²) in [5, 5.41) is 25.3. The van der Waals surface area contributed by atoms with Crippen LogP contribution in [0.4, 0.5) is 0 Å². The molecule has 1 fully saturated rings. The van der Waals surface area contributed by atoms with Crippen molar-refractivity contribution in [1.29, 1.82) is 0 Å². The van der Waals surface area contributed by atoms with Gasteiger partial charge in [-0.25, -0.2) is 0 Å². The molecule has 2 atom stereocenters. The zero-order valence-corrected chi connectivity index (χ0v) is 7.23. The van der Waals surface area contributed by atoms with Gasteiger partial charge in [-0.3, -0.25) is 4.79 Å². The van der Waals surface area contributed by atoms with Crippen molar-refractivity contribution in [3.63, 3.8) is 0 Å². The van der Waals surface area contributed by atoms with Crippen LogP contribution in [0.1, 0.15) is 32.6 Å². The number of carboxylic acid groups (broad SMARTS) is 1. The van der Waals surface area contributed by atoms with Crippen molar-refractivity contribution in [3.8, 4) is 0 Å². The first kappa shape index (κ1) is 11.4. The van der Waals surface area contributed by atoms with E-state index in [0.29, 0.717) is 0 Å². The van der Waals surface area contributed by atoms with Crippen LogP contribution in [-0.4, -0.2) is 33.5 Å². The number of hydrogen-bond donors (Lipinski definition) is 3. The van der Waals surface area contributed by atoms with Crippen molar-refractivity contribution in [2.75, 3.05) is 0 Å². The average Bonchev–Trinajstić information content (AvgIpc) is 1.94. The zero-order chi connectivity index (χ0) is 9.56. The van der Waals surface area contributed by atoms with Crippen molar-refractivity contribution in [2.24, 2.45) is 0 Å². The van der Waals surface area contributed by atoms with Gasteiger partial charge < -0.3 is 15.3 Å². The monoisotopic (exact) mass is 176 g/mol. The molecule has 0 amide bonds. The Morgan fingerprint density at radius 1 is 1.17 bits per heavy atom. The number of rotatable bonds is 0. The topological polar surface area (TPSA) is 77.8 Å². The molecule has 0 aromatic carbocycles. The highest BCUT2D eigenvalue weighted by Gasteiger charge is 2.19. The highest BCUT2D eigenvalue weighted by molar-refractivity contribution is 5.62. The predicted octanol–water partition coefficient (Wildman–Crippen LogP) is 0.373. The summed E-state index contributed by atoms with van der Waals surface area (Å²) in [6.07, 6.45) is 2.81. The Hall–Kier alpha value is -0.610. The van der Waals surface area contributed by atoms with E-state index in [1.807, 2.05) is 0 Å². The molecule has 1 aliphatic carbocycles. The lowest BCUT2D eigenvalue weighted by molar-refractivity contribution is -0.134. The zero-order valence-electron chi connectivity index (χ0n) is 7.23. The summed E-state index contributed by atoms with van der Waals surface area (Å²) in [5.41, 5.74) is 0. The van der Waals surface area contributed by atoms with Crippen LogP contribution in [0.5, 0.6) is 0 Å². The van der Waals surface area contributed by atoms with Crippen LogP contribution in [-0.2, 0) is 4.79 Å². The van der Waals surface area contributed by atoms with Crippen LogP contribution in [0.2, 0.25) is 0 Å². The van der Waals surface area contributed by atoms with E-state index in [4.69, 9.17) is 20.1 Å². The maximum absolute atomic E-state index is 9.00. The van der Waals surface area contributed by atoms with Gasteiger partial charge in [0.25, 0.3) is 5.97 Å². The number of aliphatic carboxylic acids is 1. The molecule has 72 valence electrons. The van der Waals surface area contributed by atoms with Gasteiger partial charge in [0, 0.05) is 6.92 Å². The van der Waals surface area contributed by atoms with E-state index in [2.05, 4.69) is 0 Å². The van der Waals surface area contributed by atoms with Crippen LogP contribution in [0, 0.1) is 0 Å². The van der Waals surface area contributed by atoms with Gasteiger partial charge in [0.05, 0.1) is 12.2 Å². The fraction of sp³-hybridized carbons (Fsp3) is 0.875. The van der Waals surface area contributed by atoms with E-state index >= 15 is 0 Å². The molecule has 1 aliphatic rings. The summed E-state index contributed by atoms with van der Waals surface area (Å²) in [5.74, 6) is -0.833. The Morgan fingerprint density at radius 3 is 1.58 bits per heavy atom. The molecule has 0 bridgehead atoms. The first-order valence-electron chi connectivity index (χ1n) is 4.09. The van der Waals surface area contributed by atoms with Crippen LogP contribution in [0.25, 0.3) is 0 Å². The Labute approximate surface area is 71.8 Å². The van der Waals surface area contributed by atoms with E-state index in [9.17, 15) is 0 Å². The fourth-order valence-electron chi connectivity index (χ4n) is 1.09. The number of hydrogen-bond acceptors (Lipinski definition) is 3. The molecule has 0 radical (unpaired) electrons. The average molecular weight is 176 g/mol. The minimum absolute atomic E-state index is 0.441. The van der Waals surface area contributed by atoms with Gasteiger partial charge in [-0.1, -0.05) is 12.8 Å². The van der Waals surface area contributed by atoms with Gasteiger partial charge in [0.2, 0.25) is 0 Å². The van der Waals surface area contributed by atoms with Crippen LogP contribution < -0.4 is 0 Å². The van der Waals surface area contributed by atoms with Crippen molar-refractivity contribution >= 4 is 5.97 Å². The van der Waals surface area contributed by atoms with Gasteiger partial charge >= 0.3 is 0 Å². The van der Waals surface area contributed by atoms with Crippen molar-refractivity contribution in [3.05, 3.63) is 0 Å². The second-order valence-electron chi connectivity index (χ2n) is 2.94. The molecule has 3 N–H and O–H groups in total. The molecular weight excluding hydrogens is 160 g/mol. The van der Waals surface area contributed by atoms with E-state index in [1.165, 1.54) is 0 Å². The lowest BCUT2D eigenvalue weighted by Crippen LogP contribution is -2.28. The predicted molar refractivity (Wildman–Crippen MR) is 43.8 cm³/mol. The molecule has 2 unspecified atom stereocenters. The smallest absolute Gasteiger partial charge is 0.300 e. The fourth-order valence-corrected chi connectivity index (χ4v) is 1.09. The number of aliphatic hydroxyl groups is 2. The van der Waals surface area contributed by atoms with E-state index in [0.717, 1.165) is 32.6 Å². The maximum atomic E-state index is 9.00. The molecule has 0 spiro atoms. The van der Waals surface area contributed by atoms with Gasteiger partial charge in [0.1, 0.15) is 0 Å². The summed E-state index contributed by atoms with van der Waals surface area (Å²) in [4.78, 5) is 9.00. The van der Waals surface area contributed by atoms with Gasteiger partial charge in [0.15, 0.2) is 0 Å². The second-order valence-corrected chi connectivity index (χ2v) is 2.94. The largest absolute Gasteiger partial charge is 0.481 e. The second kappa shape index (κ2) is 5.97. The first-order chi connectivity index (χ1) is 5.54. The Morgan fingerprint density at radius 2 is 1.42 bits per heavy atom. The van der Waals surface area contributed by atoms with Crippen LogP contribution in [0.15, 0.2) is 0 Å². The van der Waals surface area contributed by atoms with Gasteiger partial charge in [-0.05, 0) is 12.8 Å². The summed E-state index contributed by atoms with van der Waals surface area (Å²) in [7, 11) is 0. The number of aliphatic hydroxyl groups excluding tert-OH is 2. The summed E-state index contributed by atoms with van der Waals surface area (Å²) >= 11 is 0. The van der Waals surface area contributed by atoms with Crippen LogP contribution in [0.3, 0.4) is 0 Å². The minimum Gasteiger partial charge on any atom is -0.481 e. The standard InChI is InChI=1S/C6H12O2.C2H4O2/c7-5-3-1-2-4-6(5)8;1-2(3)4/h5-8H,1-4H2;1H3,(H,3,4). The Bertz CT molecular complexity index is 121. The minimum atomic E-state index is -0.833. The van der Waals surface area contributed by atoms with Crippen molar-refractivity contribution < 1.29 is 20.1 Å². The third kappa shape index (κ3) is 6.12. The highest BCUT2D eigenvalue weighted by Crippen LogP contribution is 2.17. The van der Waals surface area contributed by atoms with E-state index in [1.54, 1.807) is 0 Å². The highest BCUT2D eigenvalue weighted by atomic mass is 16.4. The summed E-state index contributed by atoms with van der Waals surface area (Å²) in [6, 6.07) is 0. The molecular formula is C8H16O4. The molecule has 0 aliphatic heterocycles. The molecule has 12 heavy (non-hydrogen) atoms. The molecule has 4 heteroatoms. The normalized spacial score (nSPS) is 28.6. The first-order valence-corrected chi connectivity index (χ1v) is 4.09. The molecule has 0 aromatic rings. The molecule has 0 heterocycles.